The molecule has 22 heavy (non-hydrogen) atoms. The van der Waals surface area contributed by atoms with Crippen molar-refractivity contribution in [2.24, 2.45) is 7.05 Å². The molecule has 0 fully saturated rings. The summed E-state index contributed by atoms with van der Waals surface area (Å²) in [4.78, 5) is 25.4. The van der Waals surface area contributed by atoms with Gasteiger partial charge in [0, 0.05) is 31.9 Å². The van der Waals surface area contributed by atoms with Gasteiger partial charge in [-0.2, -0.15) is 0 Å². The first kappa shape index (κ1) is 15.8. The molecule has 0 spiro atoms. The number of para-hydroxylation sites is 1. The Balaban J connectivity index is 1.93. The van der Waals surface area contributed by atoms with Crippen LogP contribution >= 0.6 is 0 Å². The van der Waals surface area contributed by atoms with E-state index in [1.807, 2.05) is 31.2 Å². The highest BCUT2D eigenvalue weighted by Gasteiger charge is 2.12. The highest BCUT2D eigenvalue weighted by atomic mass is 16.5. The summed E-state index contributed by atoms with van der Waals surface area (Å²) in [7, 11) is 3.34. The standard InChI is InChI=1S/C17H20N2O3/c1-13-6-4-5-7-15(13)22-11-10-19(3)17(21)14-8-9-18(2)16(20)12-14/h4-9,12H,10-11H2,1-3H3. The van der Waals surface area contributed by atoms with Crippen LogP contribution in [-0.4, -0.2) is 35.6 Å². The van der Waals surface area contributed by atoms with Gasteiger partial charge in [-0.05, 0) is 24.6 Å². The van der Waals surface area contributed by atoms with E-state index in [1.165, 1.54) is 10.6 Å². The van der Waals surface area contributed by atoms with Gasteiger partial charge in [-0.15, -0.1) is 0 Å². The topological polar surface area (TPSA) is 51.5 Å². The van der Waals surface area contributed by atoms with Crippen LogP contribution in [0, 0.1) is 6.92 Å². The molecule has 0 aliphatic heterocycles. The summed E-state index contributed by atoms with van der Waals surface area (Å²) < 4.78 is 7.11. The molecule has 1 amide bonds. The fraction of sp³-hybridized carbons (Fsp3) is 0.294. The third kappa shape index (κ3) is 3.75. The van der Waals surface area contributed by atoms with Gasteiger partial charge in [-0.1, -0.05) is 18.2 Å². The number of aryl methyl sites for hydroxylation is 2. The van der Waals surface area contributed by atoms with Crippen LogP contribution in [0.2, 0.25) is 0 Å². The maximum atomic E-state index is 12.2. The maximum Gasteiger partial charge on any atom is 0.253 e. The van der Waals surface area contributed by atoms with E-state index in [9.17, 15) is 9.59 Å². The van der Waals surface area contributed by atoms with Crippen molar-refractivity contribution < 1.29 is 9.53 Å². The second-order valence-electron chi connectivity index (χ2n) is 5.21. The molecule has 5 nitrogen and oxygen atoms in total. The summed E-state index contributed by atoms with van der Waals surface area (Å²) >= 11 is 0. The van der Waals surface area contributed by atoms with Crippen molar-refractivity contribution >= 4 is 5.91 Å². The molecule has 1 aromatic heterocycles. The van der Waals surface area contributed by atoms with E-state index in [2.05, 4.69) is 0 Å². The van der Waals surface area contributed by atoms with Gasteiger partial charge in [-0.3, -0.25) is 9.59 Å². The van der Waals surface area contributed by atoms with Crippen LogP contribution in [0.3, 0.4) is 0 Å². The van der Waals surface area contributed by atoms with E-state index in [-0.39, 0.29) is 11.5 Å². The molecule has 116 valence electrons. The van der Waals surface area contributed by atoms with Crippen LogP contribution in [0.5, 0.6) is 5.75 Å². The molecule has 0 radical (unpaired) electrons. The van der Waals surface area contributed by atoms with Gasteiger partial charge in [0.05, 0.1) is 6.54 Å². The first-order valence-corrected chi connectivity index (χ1v) is 7.09. The van der Waals surface area contributed by atoms with E-state index >= 15 is 0 Å². The monoisotopic (exact) mass is 300 g/mol. The lowest BCUT2D eigenvalue weighted by molar-refractivity contribution is 0.0773. The van der Waals surface area contributed by atoms with Crippen molar-refractivity contribution in [1.29, 1.82) is 0 Å². The zero-order chi connectivity index (χ0) is 16.1. The summed E-state index contributed by atoms with van der Waals surface area (Å²) in [5.74, 6) is 0.628. The summed E-state index contributed by atoms with van der Waals surface area (Å²) in [5, 5.41) is 0. The molecule has 0 N–H and O–H groups in total. The number of benzene rings is 1. The number of likely N-dealkylation sites (N-methyl/N-ethyl adjacent to an activating group) is 1. The van der Waals surface area contributed by atoms with Gasteiger partial charge in [0.25, 0.3) is 11.5 Å². The fourth-order valence-corrected chi connectivity index (χ4v) is 2.01. The van der Waals surface area contributed by atoms with Gasteiger partial charge in [-0.25, -0.2) is 0 Å². The molecule has 0 saturated heterocycles. The number of carbonyl (C=O) groups is 1. The minimum Gasteiger partial charge on any atom is -0.491 e. The predicted octanol–water partition coefficient (Wildman–Crippen LogP) is 1.84. The Kier molecular flexibility index (Phi) is 4.99. The van der Waals surface area contributed by atoms with Crippen LogP contribution in [0.25, 0.3) is 0 Å². The molecule has 0 aliphatic rings. The van der Waals surface area contributed by atoms with E-state index < -0.39 is 0 Å². The van der Waals surface area contributed by atoms with Crippen LogP contribution in [0.4, 0.5) is 0 Å². The molecule has 0 saturated carbocycles. The number of pyridine rings is 1. The molecule has 2 aromatic rings. The number of carbonyl (C=O) groups excluding carboxylic acids is 1. The largest absolute Gasteiger partial charge is 0.491 e. The summed E-state index contributed by atoms with van der Waals surface area (Å²) in [6.45, 7) is 2.82. The molecular weight excluding hydrogens is 280 g/mol. The Hall–Kier alpha value is -2.56. The average molecular weight is 300 g/mol. The van der Waals surface area contributed by atoms with E-state index in [1.54, 1.807) is 31.3 Å². The zero-order valence-corrected chi connectivity index (χ0v) is 13.1. The van der Waals surface area contributed by atoms with Gasteiger partial charge >= 0.3 is 0 Å². The minimum atomic E-state index is -0.199. The maximum absolute atomic E-state index is 12.2. The van der Waals surface area contributed by atoms with Crippen LogP contribution < -0.4 is 10.3 Å². The quantitative estimate of drug-likeness (QED) is 0.846. The SMILES string of the molecule is Cc1ccccc1OCCN(C)C(=O)c1ccn(C)c(=O)c1. The van der Waals surface area contributed by atoms with E-state index in [0.29, 0.717) is 18.7 Å². The van der Waals surface area contributed by atoms with Crippen molar-refractivity contribution in [3.05, 3.63) is 64.1 Å². The molecule has 0 bridgehead atoms. The smallest absolute Gasteiger partial charge is 0.253 e. The molecule has 2 rings (SSSR count). The molecule has 1 aromatic carbocycles. The number of hydrogen-bond acceptors (Lipinski definition) is 3. The van der Waals surface area contributed by atoms with Gasteiger partial charge in [0.2, 0.25) is 0 Å². The van der Waals surface area contributed by atoms with Gasteiger partial charge in [0.1, 0.15) is 12.4 Å². The van der Waals surface area contributed by atoms with Crippen molar-refractivity contribution in [3.63, 3.8) is 0 Å². The fourth-order valence-electron chi connectivity index (χ4n) is 2.01. The molecule has 5 heteroatoms. The third-order valence-electron chi connectivity index (χ3n) is 3.48. The van der Waals surface area contributed by atoms with E-state index in [0.717, 1.165) is 11.3 Å². The highest BCUT2D eigenvalue weighted by molar-refractivity contribution is 5.93. The lowest BCUT2D eigenvalue weighted by Gasteiger charge is -2.18. The lowest BCUT2D eigenvalue weighted by Crippen LogP contribution is -2.32. The van der Waals surface area contributed by atoms with Crippen molar-refractivity contribution in [2.45, 2.75) is 6.92 Å². The number of amides is 1. The number of ether oxygens (including phenoxy) is 1. The lowest BCUT2D eigenvalue weighted by atomic mass is 10.2. The van der Waals surface area contributed by atoms with Crippen LogP contribution in [0.15, 0.2) is 47.4 Å². The summed E-state index contributed by atoms with van der Waals surface area (Å²) in [6.07, 6.45) is 1.59. The molecule has 0 unspecified atom stereocenters. The number of aromatic nitrogens is 1. The van der Waals surface area contributed by atoms with Gasteiger partial charge in [0.15, 0.2) is 0 Å². The Morgan fingerprint density at radius 1 is 1.27 bits per heavy atom. The molecule has 1 heterocycles. The van der Waals surface area contributed by atoms with Crippen LogP contribution in [0.1, 0.15) is 15.9 Å². The van der Waals surface area contributed by atoms with Crippen molar-refractivity contribution in [1.82, 2.24) is 9.47 Å². The van der Waals surface area contributed by atoms with Gasteiger partial charge < -0.3 is 14.2 Å². The third-order valence-corrected chi connectivity index (χ3v) is 3.48. The predicted molar refractivity (Wildman–Crippen MR) is 85.3 cm³/mol. The Morgan fingerprint density at radius 3 is 2.68 bits per heavy atom. The summed E-state index contributed by atoms with van der Waals surface area (Å²) in [6, 6.07) is 10.7. The Labute approximate surface area is 129 Å². The van der Waals surface area contributed by atoms with Crippen molar-refractivity contribution in [2.75, 3.05) is 20.2 Å². The zero-order valence-electron chi connectivity index (χ0n) is 13.1. The first-order chi connectivity index (χ1) is 10.5. The summed E-state index contributed by atoms with van der Waals surface area (Å²) in [5.41, 5.74) is 1.25. The van der Waals surface area contributed by atoms with E-state index in [4.69, 9.17) is 4.74 Å². The Morgan fingerprint density at radius 2 is 2.00 bits per heavy atom. The second kappa shape index (κ2) is 6.93. The molecule has 0 atom stereocenters. The minimum absolute atomic E-state index is 0.189. The van der Waals surface area contributed by atoms with Crippen LogP contribution in [-0.2, 0) is 7.05 Å². The number of nitrogens with zero attached hydrogens (tertiary/aromatic N) is 2. The molecular formula is C17H20N2O3. The molecule has 0 aliphatic carbocycles. The normalized spacial score (nSPS) is 10.3. The van der Waals surface area contributed by atoms with Crippen molar-refractivity contribution in [3.8, 4) is 5.75 Å². The number of hydrogen-bond donors (Lipinski definition) is 0. The number of rotatable bonds is 5. The first-order valence-electron chi connectivity index (χ1n) is 7.09. The highest BCUT2D eigenvalue weighted by Crippen LogP contribution is 2.15. The second-order valence-corrected chi connectivity index (χ2v) is 5.21. The average Bonchev–Trinajstić information content (AvgIpc) is 2.51. The Bertz CT molecular complexity index is 722.